The zero-order chi connectivity index (χ0) is 16.3. The summed E-state index contributed by atoms with van der Waals surface area (Å²) in [6.07, 6.45) is 0. The minimum Gasteiger partial charge on any atom is -0.344 e. The van der Waals surface area contributed by atoms with Crippen LogP contribution in [0.3, 0.4) is 0 Å². The Labute approximate surface area is 124 Å². The molecule has 0 unspecified atom stereocenters. The lowest BCUT2D eigenvalue weighted by molar-refractivity contribution is -0.392. The van der Waals surface area contributed by atoms with E-state index in [4.69, 9.17) is 5.26 Å². The van der Waals surface area contributed by atoms with Gasteiger partial charge in [-0.15, -0.1) is 0 Å². The van der Waals surface area contributed by atoms with Gasteiger partial charge in [0.05, 0.1) is 21.5 Å². The summed E-state index contributed by atoms with van der Waals surface area (Å²) in [6.45, 7) is 1.83. The third kappa shape index (κ3) is 2.99. The van der Waals surface area contributed by atoms with Crippen LogP contribution < -0.4 is 5.32 Å². The molecular formula is C14H10N4O4. The molecule has 0 radical (unpaired) electrons. The second-order valence-electron chi connectivity index (χ2n) is 4.51. The number of hydrogen-bond acceptors (Lipinski definition) is 6. The van der Waals surface area contributed by atoms with Gasteiger partial charge in [0.25, 0.3) is 0 Å². The van der Waals surface area contributed by atoms with Crippen molar-refractivity contribution in [3.63, 3.8) is 0 Å². The largest absolute Gasteiger partial charge is 0.344 e. The summed E-state index contributed by atoms with van der Waals surface area (Å²) in [5.74, 6) is 0. The maximum Gasteiger partial charge on any atom is 0.301 e. The number of benzene rings is 2. The maximum atomic E-state index is 11.2. The van der Waals surface area contributed by atoms with E-state index in [-0.39, 0.29) is 11.3 Å². The highest BCUT2D eigenvalue weighted by Gasteiger charge is 2.27. The average Bonchev–Trinajstić information content (AvgIpc) is 2.46. The van der Waals surface area contributed by atoms with Crippen LogP contribution in [0, 0.1) is 38.5 Å². The van der Waals surface area contributed by atoms with Crippen LogP contribution in [0.25, 0.3) is 0 Å². The van der Waals surface area contributed by atoms with Crippen molar-refractivity contribution in [3.8, 4) is 6.07 Å². The minimum absolute atomic E-state index is 0.145. The number of nitrogens with one attached hydrogen (secondary N) is 1. The minimum atomic E-state index is -0.758. The van der Waals surface area contributed by atoms with E-state index in [1.165, 1.54) is 0 Å². The fourth-order valence-electron chi connectivity index (χ4n) is 1.96. The summed E-state index contributed by atoms with van der Waals surface area (Å²) in [5, 5.41) is 33.9. The fourth-order valence-corrected chi connectivity index (χ4v) is 1.96. The lowest BCUT2D eigenvalue weighted by Gasteiger charge is -2.08. The second-order valence-corrected chi connectivity index (χ2v) is 4.51. The molecule has 0 heterocycles. The van der Waals surface area contributed by atoms with Gasteiger partial charge < -0.3 is 5.32 Å². The highest BCUT2D eigenvalue weighted by molar-refractivity contribution is 5.80. The molecule has 0 saturated heterocycles. The number of nitriles is 1. The van der Waals surface area contributed by atoms with Crippen LogP contribution in [0.5, 0.6) is 0 Å². The van der Waals surface area contributed by atoms with Gasteiger partial charge >= 0.3 is 11.4 Å². The van der Waals surface area contributed by atoms with E-state index in [0.717, 1.165) is 17.7 Å². The van der Waals surface area contributed by atoms with E-state index in [1.54, 1.807) is 24.3 Å². The number of nitrogens with zero attached hydrogens (tertiary/aromatic N) is 3. The summed E-state index contributed by atoms with van der Waals surface area (Å²) in [4.78, 5) is 20.8. The number of hydrogen-bond donors (Lipinski definition) is 1. The lowest BCUT2D eigenvalue weighted by Crippen LogP contribution is -2.02. The summed E-state index contributed by atoms with van der Waals surface area (Å²) in [6, 6.07) is 10.6. The Balaban J connectivity index is 2.64. The van der Waals surface area contributed by atoms with Crippen molar-refractivity contribution in [1.29, 1.82) is 5.26 Å². The molecular weight excluding hydrogens is 288 g/mol. The third-order valence-corrected chi connectivity index (χ3v) is 2.91. The van der Waals surface area contributed by atoms with Gasteiger partial charge in [0, 0.05) is 17.8 Å². The van der Waals surface area contributed by atoms with Gasteiger partial charge in [-0.2, -0.15) is 5.26 Å². The van der Waals surface area contributed by atoms with Crippen molar-refractivity contribution < 1.29 is 9.85 Å². The Hall–Kier alpha value is -3.47. The molecule has 0 fully saturated rings. The number of nitro groups is 2. The van der Waals surface area contributed by atoms with Crippen molar-refractivity contribution in [2.75, 3.05) is 5.32 Å². The Morgan fingerprint density at radius 2 is 1.68 bits per heavy atom. The van der Waals surface area contributed by atoms with E-state index < -0.39 is 21.2 Å². The molecule has 0 saturated carbocycles. The Morgan fingerprint density at radius 1 is 1.09 bits per heavy atom. The van der Waals surface area contributed by atoms with Crippen molar-refractivity contribution >= 4 is 22.7 Å². The summed E-state index contributed by atoms with van der Waals surface area (Å²) in [7, 11) is 0. The molecule has 2 aromatic carbocycles. The topological polar surface area (TPSA) is 122 Å². The molecule has 0 aromatic heterocycles. The summed E-state index contributed by atoms with van der Waals surface area (Å²) in [5.41, 5.74) is -0.0628. The predicted octanol–water partition coefficient (Wildman–Crippen LogP) is 3.43. The van der Waals surface area contributed by atoms with E-state index >= 15 is 0 Å². The maximum absolute atomic E-state index is 11.2. The molecule has 0 amide bonds. The monoisotopic (exact) mass is 298 g/mol. The smallest absolute Gasteiger partial charge is 0.301 e. The quantitative estimate of drug-likeness (QED) is 0.681. The molecule has 2 aromatic rings. The van der Waals surface area contributed by atoms with Crippen LogP contribution in [0.2, 0.25) is 0 Å². The van der Waals surface area contributed by atoms with Gasteiger partial charge in [0.1, 0.15) is 0 Å². The van der Waals surface area contributed by atoms with Crippen LogP contribution in [0.4, 0.5) is 22.7 Å². The molecule has 0 aliphatic carbocycles. The summed E-state index contributed by atoms with van der Waals surface area (Å²) >= 11 is 0. The fraction of sp³-hybridized carbons (Fsp3) is 0.0714. The molecule has 8 nitrogen and oxygen atoms in total. The van der Waals surface area contributed by atoms with Gasteiger partial charge in [-0.1, -0.05) is 12.1 Å². The van der Waals surface area contributed by atoms with Gasteiger partial charge in [-0.25, -0.2) is 0 Å². The van der Waals surface area contributed by atoms with Gasteiger partial charge in [0.15, 0.2) is 5.69 Å². The van der Waals surface area contributed by atoms with Crippen LogP contribution >= 0.6 is 0 Å². The first-order chi connectivity index (χ1) is 10.4. The van der Waals surface area contributed by atoms with Crippen molar-refractivity contribution in [2.24, 2.45) is 0 Å². The van der Waals surface area contributed by atoms with Crippen molar-refractivity contribution in [2.45, 2.75) is 6.92 Å². The second kappa shape index (κ2) is 5.88. The third-order valence-electron chi connectivity index (χ3n) is 2.91. The molecule has 110 valence electrons. The Morgan fingerprint density at radius 3 is 2.14 bits per heavy atom. The first-order valence-electron chi connectivity index (χ1n) is 6.13. The first-order valence-corrected chi connectivity index (χ1v) is 6.13. The number of aryl methyl sites for hydroxylation is 1. The number of rotatable bonds is 4. The highest BCUT2D eigenvalue weighted by atomic mass is 16.6. The summed E-state index contributed by atoms with van der Waals surface area (Å²) < 4.78 is 0. The normalized spacial score (nSPS) is 9.82. The molecule has 2 rings (SSSR count). The standard InChI is InChI=1S/C14H10N4O4/c1-9-3-2-4-11(5-9)16-14-12(17(19)20)6-10(8-15)7-13(14)18(21)22/h2-7,16H,1H3. The molecule has 0 spiro atoms. The molecule has 8 heteroatoms. The van der Waals surface area contributed by atoms with Crippen molar-refractivity contribution in [3.05, 3.63) is 67.8 Å². The lowest BCUT2D eigenvalue weighted by atomic mass is 10.1. The van der Waals surface area contributed by atoms with Crippen LogP contribution in [-0.2, 0) is 0 Å². The molecule has 0 atom stereocenters. The zero-order valence-electron chi connectivity index (χ0n) is 11.4. The first kappa shape index (κ1) is 14.9. The predicted molar refractivity (Wildman–Crippen MR) is 78.9 cm³/mol. The van der Waals surface area contributed by atoms with E-state index in [1.807, 2.05) is 13.0 Å². The van der Waals surface area contributed by atoms with Crippen LogP contribution in [0.15, 0.2) is 36.4 Å². The van der Waals surface area contributed by atoms with Crippen LogP contribution in [0.1, 0.15) is 11.1 Å². The van der Waals surface area contributed by atoms with Crippen LogP contribution in [-0.4, -0.2) is 9.85 Å². The SMILES string of the molecule is Cc1cccc(Nc2c([N+](=O)[O-])cc(C#N)cc2[N+](=O)[O-])c1. The van der Waals surface area contributed by atoms with E-state index in [9.17, 15) is 20.2 Å². The average molecular weight is 298 g/mol. The van der Waals surface area contributed by atoms with E-state index in [0.29, 0.717) is 5.69 Å². The molecule has 0 bridgehead atoms. The molecule has 0 aliphatic rings. The Bertz CT molecular complexity index is 776. The Kier molecular flexibility index (Phi) is 3.99. The van der Waals surface area contributed by atoms with Gasteiger partial charge in [-0.3, -0.25) is 20.2 Å². The van der Waals surface area contributed by atoms with E-state index in [2.05, 4.69) is 5.32 Å². The number of nitro benzene ring substituents is 2. The molecule has 1 N–H and O–H groups in total. The number of anilines is 2. The van der Waals surface area contributed by atoms with Gasteiger partial charge in [-0.05, 0) is 24.6 Å². The molecule has 22 heavy (non-hydrogen) atoms. The highest BCUT2D eigenvalue weighted by Crippen LogP contribution is 2.37. The van der Waals surface area contributed by atoms with Crippen molar-refractivity contribution in [1.82, 2.24) is 0 Å². The zero-order valence-corrected chi connectivity index (χ0v) is 11.4. The van der Waals surface area contributed by atoms with Gasteiger partial charge in [0.2, 0.25) is 0 Å². The molecule has 0 aliphatic heterocycles.